The number of aryl methyl sites for hydroxylation is 1. The number of sulfonamides is 1. The number of hydrogen-bond donors (Lipinski definition) is 1. The van der Waals surface area contributed by atoms with Crippen molar-refractivity contribution in [2.45, 2.75) is 25.7 Å². The van der Waals surface area contributed by atoms with Crippen LogP contribution in [-0.2, 0) is 14.8 Å². The lowest BCUT2D eigenvalue weighted by molar-refractivity contribution is 0.0661. The highest BCUT2D eigenvalue weighted by Crippen LogP contribution is 2.32. The zero-order valence-corrected chi connectivity index (χ0v) is 16.9. The molecule has 1 heterocycles. The Morgan fingerprint density at radius 2 is 1.73 bits per heavy atom. The average molecular weight is 387 g/mol. The van der Waals surface area contributed by atoms with Gasteiger partial charge in [0, 0.05) is 32.7 Å². The second kappa shape index (κ2) is 9.14. The number of nitrogens with zero attached hydrogens (tertiary/aromatic N) is 2. The molecule has 1 N–H and O–H groups in total. The zero-order valence-electron chi connectivity index (χ0n) is 16.1. The number of aliphatic hydroxyl groups is 1. The largest absolute Gasteiger partial charge is 0.496 e. The molecule has 0 unspecified atom stereocenters. The molecule has 0 saturated carbocycles. The summed E-state index contributed by atoms with van der Waals surface area (Å²) in [5, 5.41) is 8.71. The fourth-order valence-corrected chi connectivity index (χ4v) is 5.22. The first-order valence-corrected chi connectivity index (χ1v) is 10.3. The van der Waals surface area contributed by atoms with Crippen molar-refractivity contribution in [1.82, 2.24) is 9.21 Å². The lowest BCUT2D eigenvalue weighted by Gasteiger charge is -2.34. The predicted molar refractivity (Wildman–Crippen MR) is 100 cm³/mol. The van der Waals surface area contributed by atoms with Crippen molar-refractivity contribution in [2.75, 3.05) is 59.7 Å². The summed E-state index contributed by atoms with van der Waals surface area (Å²) in [5.41, 5.74) is 2.32. The van der Waals surface area contributed by atoms with Crippen LogP contribution >= 0.6 is 0 Å². The van der Waals surface area contributed by atoms with Gasteiger partial charge in [0.2, 0.25) is 10.0 Å². The Bertz CT molecular complexity index is 713. The summed E-state index contributed by atoms with van der Waals surface area (Å²) in [6.07, 6.45) is 0. The summed E-state index contributed by atoms with van der Waals surface area (Å²) in [6, 6.07) is 1.80. The molecule has 1 aliphatic rings. The second-order valence-corrected chi connectivity index (χ2v) is 8.43. The molecule has 1 aromatic carbocycles. The molecule has 0 radical (unpaired) electrons. The highest BCUT2D eigenvalue weighted by Gasteiger charge is 2.31. The summed E-state index contributed by atoms with van der Waals surface area (Å²) in [6.45, 7) is 9.47. The molecule has 0 aliphatic carbocycles. The van der Waals surface area contributed by atoms with E-state index in [0.717, 1.165) is 17.7 Å². The minimum atomic E-state index is -3.54. The van der Waals surface area contributed by atoms with Gasteiger partial charge in [-0.1, -0.05) is 0 Å². The van der Waals surface area contributed by atoms with Crippen LogP contribution in [0, 0.1) is 20.8 Å². The van der Waals surface area contributed by atoms with Gasteiger partial charge in [-0.3, -0.25) is 4.90 Å². The molecular formula is C18H30N2O5S. The Hall–Kier alpha value is -1.19. The fraction of sp³-hybridized carbons (Fsp3) is 0.667. The lowest BCUT2D eigenvalue weighted by atomic mass is 10.1. The van der Waals surface area contributed by atoms with E-state index in [1.807, 2.05) is 20.8 Å². The standard InChI is InChI=1S/C18H30N2O5S/c1-14-13-17(24-4)15(2)16(3)18(14)26(22,23)20-7-5-19(6-8-20)9-11-25-12-10-21/h13,21H,5-12H2,1-4H3. The van der Waals surface area contributed by atoms with E-state index < -0.39 is 10.0 Å². The molecule has 0 bridgehead atoms. The molecule has 0 aromatic heterocycles. The Morgan fingerprint density at radius 3 is 2.31 bits per heavy atom. The van der Waals surface area contributed by atoms with E-state index >= 15 is 0 Å². The first-order chi connectivity index (χ1) is 12.3. The van der Waals surface area contributed by atoms with E-state index in [0.29, 0.717) is 55.6 Å². The highest BCUT2D eigenvalue weighted by molar-refractivity contribution is 7.89. The van der Waals surface area contributed by atoms with Crippen molar-refractivity contribution in [2.24, 2.45) is 0 Å². The van der Waals surface area contributed by atoms with Crippen LogP contribution in [0.3, 0.4) is 0 Å². The number of aliphatic hydroxyl groups excluding tert-OH is 1. The lowest BCUT2D eigenvalue weighted by Crippen LogP contribution is -2.49. The first-order valence-electron chi connectivity index (χ1n) is 8.88. The molecular weight excluding hydrogens is 356 g/mol. The van der Waals surface area contributed by atoms with Crippen molar-refractivity contribution in [3.63, 3.8) is 0 Å². The van der Waals surface area contributed by atoms with Crippen LogP contribution in [0.15, 0.2) is 11.0 Å². The minimum absolute atomic E-state index is 0.0198. The van der Waals surface area contributed by atoms with Gasteiger partial charge in [0.05, 0.1) is 31.8 Å². The molecule has 8 heteroatoms. The summed E-state index contributed by atoms with van der Waals surface area (Å²) in [5.74, 6) is 0.714. The van der Waals surface area contributed by atoms with Crippen molar-refractivity contribution in [3.8, 4) is 5.75 Å². The molecule has 0 amide bonds. The van der Waals surface area contributed by atoms with Gasteiger partial charge in [0.15, 0.2) is 0 Å². The van der Waals surface area contributed by atoms with Crippen molar-refractivity contribution < 1.29 is 23.0 Å². The smallest absolute Gasteiger partial charge is 0.243 e. The number of rotatable bonds is 8. The van der Waals surface area contributed by atoms with Crippen LogP contribution in [0.4, 0.5) is 0 Å². The normalized spacial score (nSPS) is 16.8. The van der Waals surface area contributed by atoms with Crippen LogP contribution in [0.25, 0.3) is 0 Å². The van der Waals surface area contributed by atoms with Crippen LogP contribution in [-0.4, -0.2) is 82.4 Å². The third-order valence-electron chi connectivity index (χ3n) is 4.91. The topological polar surface area (TPSA) is 79.3 Å². The van der Waals surface area contributed by atoms with Gasteiger partial charge in [0.1, 0.15) is 5.75 Å². The molecule has 1 aliphatic heterocycles. The summed E-state index contributed by atoms with van der Waals surface area (Å²) in [7, 11) is -1.94. The van der Waals surface area contributed by atoms with Crippen molar-refractivity contribution in [1.29, 1.82) is 0 Å². The third kappa shape index (κ3) is 4.55. The summed E-state index contributed by atoms with van der Waals surface area (Å²) in [4.78, 5) is 2.58. The second-order valence-electron chi connectivity index (χ2n) is 6.56. The van der Waals surface area contributed by atoms with Gasteiger partial charge in [-0.05, 0) is 43.5 Å². The maximum Gasteiger partial charge on any atom is 0.243 e. The summed E-state index contributed by atoms with van der Waals surface area (Å²) < 4.78 is 38.6. The number of hydrogen-bond acceptors (Lipinski definition) is 6. The molecule has 26 heavy (non-hydrogen) atoms. The molecule has 148 valence electrons. The van der Waals surface area contributed by atoms with Crippen LogP contribution < -0.4 is 4.74 Å². The monoisotopic (exact) mass is 386 g/mol. The molecule has 1 saturated heterocycles. The maximum absolute atomic E-state index is 13.2. The highest BCUT2D eigenvalue weighted by atomic mass is 32.2. The predicted octanol–water partition coefficient (Wildman–Crippen LogP) is 0.936. The van der Waals surface area contributed by atoms with Gasteiger partial charge in [-0.25, -0.2) is 8.42 Å². The van der Waals surface area contributed by atoms with E-state index in [2.05, 4.69) is 4.90 Å². The van der Waals surface area contributed by atoms with E-state index in [9.17, 15) is 8.42 Å². The Kier molecular flexibility index (Phi) is 7.42. The van der Waals surface area contributed by atoms with Crippen LogP contribution in [0.5, 0.6) is 5.75 Å². The van der Waals surface area contributed by atoms with Gasteiger partial charge < -0.3 is 14.6 Å². The van der Waals surface area contributed by atoms with E-state index in [1.165, 1.54) is 0 Å². The van der Waals surface area contributed by atoms with Crippen LogP contribution in [0.1, 0.15) is 16.7 Å². The Morgan fingerprint density at radius 1 is 1.08 bits per heavy atom. The molecule has 1 aromatic rings. The Balaban J connectivity index is 2.09. The number of methoxy groups -OCH3 is 1. The van der Waals surface area contributed by atoms with E-state index in [4.69, 9.17) is 14.6 Å². The number of benzene rings is 1. The van der Waals surface area contributed by atoms with Crippen LogP contribution in [0.2, 0.25) is 0 Å². The van der Waals surface area contributed by atoms with Crippen molar-refractivity contribution >= 4 is 10.0 Å². The first kappa shape index (κ1) is 21.1. The summed E-state index contributed by atoms with van der Waals surface area (Å²) >= 11 is 0. The van der Waals surface area contributed by atoms with Gasteiger partial charge >= 0.3 is 0 Å². The molecule has 0 spiro atoms. The quantitative estimate of drug-likeness (QED) is 0.670. The maximum atomic E-state index is 13.2. The van der Waals surface area contributed by atoms with Gasteiger partial charge in [0.25, 0.3) is 0 Å². The van der Waals surface area contributed by atoms with Crippen molar-refractivity contribution in [3.05, 3.63) is 22.8 Å². The molecule has 7 nitrogen and oxygen atoms in total. The van der Waals surface area contributed by atoms with Gasteiger partial charge in [-0.15, -0.1) is 0 Å². The zero-order chi connectivity index (χ0) is 19.3. The molecule has 1 fully saturated rings. The average Bonchev–Trinajstić information content (AvgIpc) is 2.62. The van der Waals surface area contributed by atoms with Gasteiger partial charge in [-0.2, -0.15) is 4.31 Å². The number of ether oxygens (including phenoxy) is 2. The van der Waals surface area contributed by atoms with E-state index in [-0.39, 0.29) is 6.61 Å². The van der Waals surface area contributed by atoms with E-state index in [1.54, 1.807) is 17.5 Å². The minimum Gasteiger partial charge on any atom is -0.496 e. The Labute approximate surface area is 156 Å². The number of piperazine rings is 1. The SMILES string of the molecule is COc1cc(C)c(S(=O)(=O)N2CCN(CCOCCO)CC2)c(C)c1C. The third-order valence-corrected chi connectivity index (χ3v) is 7.10. The molecule has 0 atom stereocenters. The molecule has 2 rings (SSSR count). The fourth-order valence-electron chi connectivity index (χ4n) is 3.31.